The van der Waals surface area contributed by atoms with Crippen molar-refractivity contribution >= 4 is 0 Å². The third-order valence-electron chi connectivity index (χ3n) is 11.5. The number of likely N-dealkylation sites (N-methyl/N-ethyl adjacent to an activating group) is 1. The summed E-state index contributed by atoms with van der Waals surface area (Å²) in [5.74, 6) is -0.231. The molecule has 0 aromatic rings. The van der Waals surface area contributed by atoms with Crippen molar-refractivity contribution in [2.24, 2.45) is 34.5 Å². The van der Waals surface area contributed by atoms with Crippen molar-refractivity contribution in [3.63, 3.8) is 0 Å². The lowest BCUT2D eigenvalue weighted by molar-refractivity contribution is -0.318. The highest BCUT2D eigenvalue weighted by atomic mass is 16.5. The molecule has 1 heterocycles. The minimum Gasteiger partial charge on any atom is -0.392 e. The zero-order valence-corrected chi connectivity index (χ0v) is 20.6. The summed E-state index contributed by atoms with van der Waals surface area (Å²) in [5, 5.41) is 37.6. The predicted molar refractivity (Wildman–Crippen MR) is 119 cm³/mol. The molecule has 13 atom stereocenters. The fourth-order valence-corrected chi connectivity index (χ4v) is 11.0. The van der Waals surface area contributed by atoms with E-state index in [0.29, 0.717) is 19.4 Å². The van der Waals surface area contributed by atoms with Crippen molar-refractivity contribution in [2.45, 2.75) is 74.3 Å². The Hall–Kier alpha value is -0.320. The zero-order chi connectivity index (χ0) is 23.6. The van der Waals surface area contributed by atoms with Gasteiger partial charge >= 0.3 is 0 Å². The summed E-state index contributed by atoms with van der Waals surface area (Å²) >= 11 is 0. The zero-order valence-electron chi connectivity index (χ0n) is 20.6. The predicted octanol–water partition coefficient (Wildman–Crippen LogP) is 0.271. The molecule has 8 nitrogen and oxygen atoms in total. The van der Waals surface area contributed by atoms with Gasteiger partial charge in [0, 0.05) is 70.0 Å². The van der Waals surface area contributed by atoms with Crippen LogP contribution in [0.5, 0.6) is 0 Å². The number of aliphatic hydroxyl groups is 3. The molecule has 5 aliphatic carbocycles. The van der Waals surface area contributed by atoms with Gasteiger partial charge in [0.1, 0.15) is 11.2 Å². The van der Waals surface area contributed by atoms with E-state index in [1.54, 1.807) is 28.4 Å². The molecule has 0 aromatic heterocycles. The number of fused-ring (bicyclic) bond motifs is 2. The second-order valence-electron chi connectivity index (χ2n) is 11.9. The van der Waals surface area contributed by atoms with Crippen LogP contribution in [0.25, 0.3) is 0 Å². The summed E-state index contributed by atoms with van der Waals surface area (Å²) in [7, 11) is 6.79. The first-order valence-electron chi connectivity index (χ1n) is 12.7. The smallest absolute Gasteiger partial charge is 0.136 e. The Morgan fingerprint density at radius 1 is 1.06 bits per heavy atom. The van der Waals surface area contributed by atoms with Gasteiger partial charge in [0.2, 0.25) is 0 Å². The van der Waals surface area contributed by atoms with Crippen molar-refractivity contribution in [3.8, 4) is 0 Å². The second-order valence-corrected chi connectivity index (χ2v) is 11.9. The molecule has 0 aromatic carbocycles. The van der Waals surface area contributed by atoms with Crippen LogP contribution in [-0.2, 0) is 18.9 Å². The molecule has 6 rings (SSSR count). The number of nitrogens with zero attached hydrogens (tertiary/aromatic N) is 1. The van der Waals surface area contributed by atoms with Gasteiger partial charge < -0.3 is 34.3 Å². The lowest BCUT2D eigenvalue weighted by Gasteiger charge is -2.69. The second kappa shape index (κ2) is 7.13. The van der Waals surface area contributed by atoms with Crippen molar-refractivity contribution in [1.82, 2.24) is 4.90 Å². The number of likely N-dealkylation sites (tertiary alicyclic amines) is 1. The van der Waals surface area contributed by atoms with E-state index in [0.717, 1.165) is 25.9 Å². The highest BCUT2D eigenvalue weighted by Crippen LogP contribution is 2.80. The van der Waals surface area contributed by atoms with E-state index in [1.165, 1.54) is 0 Å². The van der Waals surface area contributed by atoms with Gasteiger partial charge in [-0.25, -0.2) is 0 Å². The molecule has 1 aliphatic heterocycles. The largest absolute Gasteiger partial charge is 0.392 e. The summed E-state index contributed by atoms with van der Waals surface area (Å²) in [4.78, 5) is 2.33. The van der Waals surface area contributed by atoms with Gasteiger partial charge in [-0.2, -0.15) is 0 Å². The van der Waals surface area contributed by atoms with Crippen LogP contribution >= 0.6 is 0 Å². The van der Waals surface area contributed by atoms with Gasteiger partial charge in [0.05, 0.1) is 37.1 Å². The molecule has 7 bridgehead atoms. The molecular formula is C25H41NO7. The number of ether oxygens (including phenoxy) is 4. The number of aliphatic hydroxyl groups excluding tert-OH is 1. The van der Waals surface area contributed by atoms with Gasteiger partial charge in [0.15, 0.2) is 0 Å². The molecule has 0 amide bonds. The average Bonchev–Trinajstić information content (AvgIpc) is 3.22. The Bertz CT molecular complexity index is 814. The van der Waals surface area contributed by atoms with E-state index < -0.39 is 28.8 Å². The maximum absolute atomic E-state index is 12.9. The number of rotatable bonds is 6. The Balaban J connectivity index is 1.67. The van der Waals surface area contributed by atoms with Crippen LogP contribution < -0.4 is 0 Å². The molecule has 6 fully saturated rings. The van der Waals surface area contributed by atoms with Crippen LogP contribution in [0.3, 0.4) is 0 Å². The topological polar surface area (TPSA) is 101 Å². The van der Waals surface area contributed by atoms with Crippen LogP contribution in [0.2, 0.25) is 0 Å². The van der Waals surface area contributed by atoms with Crippen molar-refractivity contribution < 1.29 is 34.3 Å². The molecule has 5 saturated carbocycles. The highest BCUT2D eigenvalue weighted by Gasteiger charge is 2.91. The van der Waals surface area contributed by atoms with E-state index in [4.69, 9.17) is 18.9 Å². The maximum Gasteiger partial charge on any atom is 0.136 e. The molecule has 3 N–H and O–H groups in total. The first kappa shape index (κ1) is 23.1. The van der Waals surface area contributed by atoms with Crippen LogP contribution in [0.1, 0.15) is 32.6 Å². The summed E-state index contributed by atoms with van der Waals surface area (Å²) in [5.41, 5.74) is -3.82. The van der Waals surface area contributed by atoms with Crippen molar-refractivity contribution in [3.05, 3.63) is 0 Å². The summed E-state index contributed by atoms with van der Waals surface area (Å²) in [6.45, 7) is 4.18. The number of hydrogen-bond donors (Lipinski definition) is 3. The standard InChI is InChI=1S/C25H41NO7/c1-6-26-11-22(12-30-2)8-7-16(27)24-14-9-13-15(31-3)10-23(28,17(14)18(13)32-4)25(29,21(24)26)20(33-5)19(22)24/h13-21,27-29H,6-12H2,1-5H3/t13-,14?,15-,16+,17?,18?,19?,20?,21+,22+,23-,24+,25?/m1/s1. The lowest BCUT2D eigenvalue weighted by atomic mass is 9.42. The molecule has 188 valence electrons. The monoisotopic (exact) mass is 467 g/mol. The molecule has 33 heavy (non-hydrogen) atoms. The van der Waals surface area contributed by atoms with Gasteiger partial charge in [-0.05, 0) is 31.7 Å². The van der Waals surface area contributed by atoms with Crippen molar-refractivity contribution in [1.29, 1.82) is 0 Å². The minimum atomic E-state index is -1.55. The lowest BCUT2D eigenvalue weighted by Crippen LogP contribution is -2.82. The van der Waals surface area contributed by atoms with Crippen LogP contribution in [0.4, 0.5) is 0 Å². The fourth-order valence-electron chi connectivity index (χ4n) is 11.0. The SMILES string of the molecule is CCN1C[C@]2(COC)CC[C@H](O)[C@@]34C5C[C@H]6C(OC)C5[C@](O)(C[C@H]6OC)C(O)(C(OC)C23)[C@@H]14. The van der Waals surface area contributed by atoms with Crippen LogP contribution in [0.15, 0.2) is 0 Å². The molecule has 8 heteroatoms. The van der Waals surface area contributed by atoms with Crippen molar-refractivity contribution in [2.75, 3.05) is 48.1 Å². The normalized spacial score (nSPS) is 60.9. The quantitative estimate of drug-likeness (QED) is 0.512. The number of piperidine rings is 1. The fraction of sp³-hybridized carbons (Fsp3) is 1.00. The minimum absolute atomic E-state index is 0.00825. The van der Waals surface area contributed by atoms with Crippen LogP contribution in [0, 0.1) is 34.5 Å². The molecule has 6 unspecified atom stereocenters. The van der Waals surface area contributed by atoms with E-state index in [-0.39, 0.29) is 47.3 Å². The Kier molecular flexibility index (Phi) is 4.99. The molecule has 1 spiro atoms. The average molecular weight is 468 g/mol. The van der Waals surface area contributed by atoms with Gasteiger partial charge in [-0.15, -0.1) is 0 Å². The summed E-state index contributed by atoms with van der Waals surface area (Å²) < 4.78 is 24.0. The van der Waals surface area contributed by atoms with E-state index in [1.807, 2.05) is 0 Å². The van der Waals surface area contributed by atoms with E-state index in [9.17, 15) is 15.3 Å². The Morgan fingerprint density at radius 2 is 1.82 bits per heavy atom. The summed E-state index contributed by atoms with van der Waals surface area (Å²) in [6.07, 6.45) is 1.06. The number of methoxy groups -OCH3 is 4. The van der Waals surface area contributed by atoms with Gasteiger partial charge in [-0.3, -0.25) is 4.90 Å². The van der Waals surface area contributed by atoms with Crippen LogP contribution in [-0.4, -0.2) is 110 Å². The first-order valence-corrected chi connectivity index (χ1v) is 12.7. The molecule has 6 aliphatic rings. The molecule has 1 saturated heterocycles. The third kappa shape index (κ3) is 2.20. The van der Waals surface area contributed by atoms with Gasteiger partial charge in [-0.1, -0.05) is 6.92 Å². The Labute approximate surface area is 196 Å². The first-order chi connectivity index (χ1) is 15.8. The van der Waals surface area contributed by atoms with E-state index in [2.05, 4.69) is 11.8 Å². The Morgan fingerprint density at radius 3 is 2.42 bits per heavy atom. The van der Waals surface area contributed by atoms with Gasteiger partial charge in [0.25, 0.3) is 0 Å². The molecule has 0 radical (unpaired) electrons. The summed E-state index contributed by atoms with van der Waals surface area (Å²) in [6, 6.07) is -0.386. The highest BCUT2D eigenvalue weighted by molar-refractivity contribution is 5.41. The van der Waals surface area contributed by atoms with E-state index >= 15 is 0 Å². The number of hydrogen-bond acceptors (Lipinski definition) is 8. The molecular weight excluding hydrogens is 426 g/mol. The third-order valence-corrected chi connectivity index (χ3v) is 11.5. The maximum atomic E-state index is 12.9.